The molecule has 38 heavy (non-hydrogen) atoms. The molecule has 6 nitrogen and oxygen atoms in total. The summed E-state index contributed by atoms with van der Waals surface area (Å²) in [6.45, 7) is 7.90. The Bertz CT molecular complexity index is 1380. The van der Waals surface area contributed by atoms with Crippen molar-refractivity contribution in [3.05, 3.63) is 106 Å². The molecule has 0 aliphatic carbocycles. The average Bonchev–Trinajstić information content (AvgIpc) is 3.28. The fraction of sp³-hybridized carbons (Fsp3) is 0.300. The number of rotatable bonds is 9. The van der Waals surface area contributed by atoms with E-state index in [1.807, 2.05) is 53.6 Å². The Morgan fingerprint density at radius 1 is 1.03 bits per heavy atom. The van der Waals surface area contributed by atoms with Gasteiger partial charge in [0.05, 0.1) is 22.3 Å². The Balaban J connectivity index is 1.88. The van der Waals surface area contributed by atoms with Crippen LogP contribution in [-0.4, -0.2) is 38.4 Å². The number of carbonyl (C=O) groups excluding carboxylic acids is 1. The van der Waals surface area contributed by atoms with E-state index in [0.29, 0.717) is 41.7 Å². The third kappa shape index (κ3) is 6.62. The standard InChI is InChI=1S/C30H33Cl2N5O/c1-30(2,3)27(37(14-8-13-33)29(38)23-16-25(32)18-34-17-23)28-35-26(22-11-7-12-24(31)15-22)20-36(28)19-21-9-5-4-6-10-21/h4-7,9-12,15-18,20,27H,8,13-14,19,33H2,1-3H3/t27-/m0/s1. The van der Waals surface area contributed by atoms with Crippen LogP contribution < -0.4 is 5.73 Å². The predicted molar refractivity (Wildman–Crippen MR) is 154 cm³/mol. The van der Waals surface area contributed by atoms with E-state index in [-0.39, 0.29) is 17.4 Å². The predicted octanol–water partition coefficient (Wildman–Crippen LogP) is 6.88. The molecule has 0 saturated carbocycles. The van der Waals surface area contributed by atoms with Crippen molar-refractivity contribution in [2.24, 2.45) is 11.1 Å². The zero-order chi connectivity index (χ0) is 27.3. The number of pyridine rings is 1. The molecule has 0 saturated heterocycles. The number of imidazole rings is 1. The van der Waals surface area contributed by atoms with E-state index in [1.54, 1.807) is 12.3 Å². The van der Waals surface area contributed by atoms with Crippen molar-refractivity contribution < 1.29 is 4.79 Å². The van der Waals surface area contributed by atoms with Gasteiger partial charge in [0.2, 0.25) is 0 Å². The number of nitrogens with zero attached hydrogens (tertiary/aromatic N) is 4. The smallest absolute Gasteiger partial charge is 0.256 e. The molecule has 4 aromatic rings. The van der Waals surface area contributed by atoms with Gasteiger partial charge in [-0.2, -0.15) is 0 Å². The number of benzene rings is 2. The second kappa shape index (κ2) is 12.1. The van der Waals surface area contributed by atoms with E-state index in [4.69, 9.17) is 33.9 Å². The molecule has 0 unspecified atom stereocenters. The first kappa shape index (κ1) is 27.8. The number of aromatic nitrogens is 3. The lowest BCUT2D eigenvalue weighted by molar-refractivity contribution is 0.0482. The molecule has 2 aromatic heterocycles. The van der Waals surface area contributed by atoms with Gasteiger partial charge in [-0.25, -0.2) is 4.98 Å². The van der Waals surface area contributed by atoms with Gasteiger partial charge in [-0.05, 0) is 42.1 Å². The zero-order valence-corrected chi connectivity index (χ0v) is 23.5. The van der Waals surface area contributed by atoms with Crippen molar-refractivity contribution in [1.29, 1.82) is 0 Å². The third-order valence-corrected chi connectivity index (χ3v) is 6.76. The molecule has 0 fully saturated rings. The van der Waals surface area contributed by atoms with Crippen molar-refractivity contribution in [2.45, 2.75) is 39.8 Å². The summed E-state index contributed by atoms with van der Waals surface area (Å²) >= 11 is 12.5. The summed E-state index contributed by atoms with van der Waals surface area (Å²) < 4.78 is 2.14. The summed E-state index contributed by atoms with van der Waals surface area (Å²) in [5, 5.41) is 1.05. The maximum Gasteiger partial charge on any atom is 0.256 e. The van der Waals surface area contributed by atoms with Gasteiger partial charge in [-0.1, -0.05) is 86.4 Å². The van der Waals surface area contributed by atoms with Crippen LogP contribution in [0.4, 0.5) is 0 Å². The summed E-state index contributed by atoms with van der Waals surface area (Å²) in [5.74, 6) is 0.628. The van der Waals surface area contributed by atoms with Crippen LogP contribution in [0.1, 0.15) is 55.0 Å². The SMILES string of the molecule is CC(C)(C)[C@H](c1nc(-c2cccc(Cl)c2)cn1Cc1ccccc1)N(CCCN)C(=O)c1cncc(Cl)c1. The Hall–Kier alpha value is -3.19. The molecular formula is C30H33Cl2N5O. The fourth-order valence-corrected chi connectivity index (χ4v) is 5.00. The quantitative estimate of drug-likeness (QED) is 0.247. The van der Waals surface area contributed by atoms with Crippen molar-refractivity contribution in [1.82, 2.24) is 19.4 Å². The molecule has 4 rings (SSSR count). The topological polar surface area (TPSA) is 77.0 Å². The first-order valence-electron chi connectivity index (χ1n) is 12.7. The van der Waals surface area contributed by atoms with Crippen LogP contribution in [0.3, 0.4) is 0 Å². The summed E-state index contributed by atoms with van der Waals surface area (Å²) in [7, 11) is 0. The Morgan fingerprint density at radius 2 is 1.79 bits per heavy atom. The number of hydrogen-bond acceptors (Lipinski definition) is 4. The van der Waals surface area contributed by atoms with Gasteiger partial charge < -0.3 is 15.2 Å². The first-order valence-corrected chi connectivity index (χ1v) is 13.4. The summed E-state index contributed by atoms with van der Waals surface area (Å²) in [4.78, 5) is 25.1. The highest BCUT2D eigenvalue weighted by atomic mass is 35.5. The van der Waals surface area contributed by atoms with E-state index >= 15 is 0 Å². The Labute approximate surface area is 234 Å². The van der Waals surface area contributed by atoms with Crippen LogP contribution in [0.2, 0.25) is 10.0 Å². The molecule has 2 aromatic carbocycles. The van der Waals surface area contributed by atoms with Gasteiger partial charge in [0.1, 0.15) is 5.82 Å². The maximum absolute atomic E-state index is 14.0. The average molecular weight is 551 g/mol. The zero-order valence-electron chi connectivity index (χ0n) is 21.9. The summed E-state index contributed by atoms with van der Waals surface area (Å²) in [6, 6.07) is 19.2. The van der Waals surface area contributed by atoms with Crippen LogP contribution >= 0.6 is 23.2 Å². The highest BCUT2D eigenvalue weighted by molar-refractivity contribution is 6.31. The van der Waals surface area contributed by atoms with Gasteiger partial charge in [0.25, 0.3) is 5.91 Å². The molecule has 0 spiro atoms. The van der Waals surface area contributed by atoms with E-state index in [2.05, 4.69) is 42.5 Å². The number of amides is 1. The van der Waals surface area contributed by atoms with Crippen molar-refractivity contribution in [3.63, 3.8) is 0 Å². The van der Waals surface area contributed by atoms with Gasteiger partial charge in [0, 0.05) is 42.3 Å². The maximum atomic E-state index is 14.0. The molecule has 1 amide bonds. The Morgan fingerprint density at radius 3 is 2.45 bits per heavy atom. The molecule has 0 bridgehead atoms. The lowest BCUT2D eigenvalue weighted by Gasteiger charge is -2.40. The lowest BCUT2D eigenvalue weighted by Crippen LogP contribution is -2.43. The van der Waals surface area contributed by atoms with E-state index in [9.17, 15) is 4.79 Å². The number of hydrogen-bond donors (Lipinski definition) is 1. The van der Waals surface area contributed by atoms with E-state index in [0.717, 1.165) is 22.6 Å². The van der Waals surface area contributed by atoms with Gasteiger partial charge in [0.15, 0.2) is 0 Å². The second-order valence-corrected chi connectivity index (χ2v) is 11.3. The highest BCUT2D eigenvalue weighted by Gasteiger charge is 2.38. The Kier molecular flexibility index (Phi) is 8.87. The van der Waals surface area contributed by atoms with Gasteiger partial charge in [-0.15, -0.1) is 0 Å². The minimum atomic E-state index is -0.364. The molecular weight excluding hydrogens is 517 g/mol. The molecule has 0 aliphatic heterocycles. The lowest BCUT2D eigenvalue weighted by atomic mass is 9.84. The molecule has 1 atom stereocenters. The number of halogens is 2. The number of carbonyl (C=O) groups is 1. The van der Waals surface area contributed by atoms with Crippen molar-refractivity contribution in [3.8, 4) is 11.3 Å². The molecule has 198 valence electrons. The van der Waals surface area contributed by atoms with Crippen LogP contribution in [0.15, 0.2) is 79.3 Å². The molecule has 2 N–H and O–H groups in total. The summed E-state index contributed by atoms with van der Waals surface area (Å²) in [5.41, 5.74) is 8.82. The highest BCUT2D eigenvalue weighted by Crippen LogP contribution is 2.40. The fourth-order valence-electron chi connectivity index (χ4n) is 4.64. The van der Waals surface area contributed by atoms with E-state index in [1.165, 1.54) is 6.20 Å². The minimum absolute atomic E-state index is 0.160. The van der Waals surface area contributed by atoms with Crippen LogP contribution in [0, 0.1) is 5.41 Å². The van der Waals surface area contributed by atoms with Gasteiger partial charge in [-0.3, -0.25) is 9.78 Å². The third-order valence-electron chi connectivity index (χ3n) is 6.32. The molecule has 0 aliphatic rings. The first-order chi connectivity index (χ1) is 18.2. The normalized spacial score (nSPS) is 12.4. The number of nitrogens with two attached hydrogens (primary N) is 1. The van der Waals surface area contributed by atoms with Crippen molar-refractivity contribution >= 4 is 29.1 Å². The summed E-state index contributed by atoms with van der Waals surface area (Å²) in [6.07, 6.45) is 5.76. The van der Waals surface area contributed by atoms with E-state index < -0.39 is 0 Å². The monoisotopic (exact) mass is 549 g/mol. The molecule has 2 heterocycles. The minimum Gasteiger partial charge on any atom is -0.330 e. The van der Waals surface area contributed by atoms with Crippen molar-refractivity contribution in [2.75, 3.05) is 13.1 Å². The van der Waals surface area contributed by atoms with Gasteiger partial charge >= 0.3 is 0 Å². The van der Waals surface area contributed by atoms with Crippen LogP contribution in [0.5, 0.6) is 0 Å². The molecule has 0 radical (unpaired) electrons. The van der Waals surface area contributed by atoms with Crippen LogP contribution in [-0.2, 0) is 6.54 Å². The van der Waals surface area contributed by atoms with Crippen LogP contribution in [0.25, 0.3) is 11.3 Å². The largest absolute Gasteiger partial charge is 0.330 e. The second-order valence-electron chi connectivity index (χ2n) is 10.4. The molecule has 8 heteroatoms.